The number of nitrogens with one attached hydrogen (secondary N) is 1. The number of carbonyl (C=O) groups excluding carboxylic acids is 1. The third kappa shape index (κ3) is 6.63. The zero-order valence-corrected chi connectivity index (χ0v) is 23.7. The Kier molecular flexibility index (Phi) is 9.23. The van der Waals surface area contributed by atoms with Crippen LogP contribution in [-0.2, 0) is 18.4 Å². The Hall–Kier alpha value is -3.07. The summed E-state index contributed by atoms with van der Waals surface area (Å²) in [7, 11) is 3.26. The number of halogens is 2. The smallest absolute Gasteiger partial charge is 0.350 e. The normalized spacial score (nSPS) is 12.6. The van der Waals surface area contributed by atoms with Crippen LogP contribution in [0, 0.1) is 12.3 Å². The molecule has 0 bridgehead atoms. The number of rotatable bonds is 4. The van der Waals surface area contributed by atoms with Crippen molar-refractivity contribution in [1.29, 1.82) is 0 Å². The molecule has 198 valence electrons. The molecular weight excluding hydrogens is 537 g/mol. The number of terminal acetylenes is 1. The molecule has 0 spiro atoms. The molecule has 1 aromatic carbocycles. The largest absolute Gasteiger partial charge is 0.479 e. The van der Waals surface area contributed by atoms with Gasteiger partial charge in [0.1, 0.15) is 23.2 Å². The Morgan fingerprint density at radius 2 is 2.00 bits per heavy atom. The second-order valence-electron chi connectivity index (χ2n) is 9.20. The second-order valence-corrected chi connectivity index (χ2v) is 11.0. The first-order valence-electron chi connectivity index (χ1n) is 11.5. The lowest BCUT2D eigenvalue weighted by Gasteiger charge is -2.13. The van der Waals surface area contributed by atoms with Gasteiger partial charge in [-0.2, -0.15) is 4.68 Å². The van der Waals surface area contributed by atoms with Gasteiger partial charge < -0.3 is 10.1 Å². The summed E-state index contributed by atoms with van der Waals surface area (Å²) in [6.07, 6.45) is 7.97. The van der Waals surface area contributed by atoms with Crippen molar-refractivity contribution in [1.82, 2.24) is 29.9 Å². The number of urea groups is 1. The molecule has 2 amide bonds. The van der Waals surface area contributed by atoms with Gasteiger partial charge in [0.25, 0.3) is 0 Å². The Labute approximate surface area is 229 Å². The molecule has 2 aromatic heterocycles. The van der Waals surface area contributed by atoms with Gasteiger partial charge >= 0.3 is 11.7 Å². The number of hydrogen-bond donors (Lipinski definition) is 1. The minimum Gasteiger partial charge on any atom is -0.479 e. The van der Waals surface area contributed by atoms with Gasteiger partial charge in [0.15, 0.2) is 0 Å². The van der Waals surface area contributed by atoms with Crippen molar-refractivity contribution in [3.05, 3.63) is 43.5 Å². The number of anilines is 1. The van der Waals surface area contributed by atoms with E-state index in [9.17, 15) is 9.59 Å². The van der Waals surface area contributed by atoms with E-state index in [0.29, 0.717) is 33.2 Å². The number of fused-ring (bicyclic) bond motifs is 1. The molecule has 0 saturated heterocycles. The number of ether oxygens (including phenoxy) is 1. The van der Waals surface area contributed by atoms with Gasteiger partial charge in [0, 0.05) is 38.5 Å². The molecule has 0 fully saturated rings. The van der Waals surface area contributed by atoms with Crippen molar-refractivity contribution in [2.24, 2.45) is 0 Å². The van der Waals surface area contributed by atoms with Crippen LogP contribution in [0.25, 0.3) is 5.69 Å². The summed E-state index contributed by atoms with van der Waals surface area (Å²) in [4.78, 5) is 25.3. The van der Waals surface area contributed by atoms with E-state index < -0.39 is 0 Å². The summed E-state index contributed by atoms with van der Waals surface area (Å²) in [6, 6.07) is 2.92. The average molecular weight is 567 g/mol. The van der Waals surface area contributed by atoms with Gasteiger partial charge in [-0.3, -0.25) is 9.47 Å². The summed E-state index contributed by atoms with van der Waals surface area (Å²) < 4.78 is 8.34. The van der Waals surface area contributed by atoms with Crippen molar-refractivity contribution in [2.75, 3.05) is 25.6 Å². The fourth-order valence-electron chi connectivity index (χ4n) is 3.38. The average Bonchev–Trinajstić information content (AvgIpc) is 3.49. The topological polar surface area (TPSA) is 107 Å². The maximum absolute atomic E-state index is 12.5. The molecule has 0 aliphatic carbocycles. The SMILES string of the molecule is C#CCOc1cc(-n2nc3n(c2=O)CCCC3)c(Cl)cc1Cl.CNC(=O)N(C)c1nnc(C(C)(C)C)s1. The predicted octanol–water partition coefficient (Wildman–Crippen LogP) is 4.30. The molecule has 0 saturated carbocycles. The highest BCUT2D eigenvalue weighted by atomic mass is 35.5. The fraction of sp³-hybridized carbons (Fsp3) is 0.458. The van der Waals surface area contributed by atoms with Crippen LogP contribution in [0.15, 0.2) is 16.9 Å². The summed E-state index contributed by atoms with van der Waals surface area (Å²) in [5.74, 6) is 3.51. The third-order valence-electron chi connectivity index (χ3n) is 5.37. The van der Waals surface area contributed by atoms with Crippen LogP contribution >= 0.6 is 34.5 Å². The van der Waals surface area contributed by atoms with Crippen LogP contribution in [0.5, 0.6) is 5.75 Å². The van der Waals surface area contributed by atoms with E-state index in [1.807, 2.05) is 0 Å². The lowest BCUT2D eigenvalue weighted by Crippen LogP contribution is -2.34. The molecule has 0 atom stereocenters. The van der Waals surface area contributed by atoms with Crippen molar-refractivity contribution in [3.8, 4) is 23.8 Å². The molecule has 37 heavy (non-hydrogen) atoms. The molecule has 1 N–H and O–H groups in total. The zero-order valence-electron chi connectivity index (χ0n) is 21.3. The molecule has 0 radical (unpaired) electrons. The zero-order chi connectivity index (χ0) is 27.3. The summed E-state index contributed by atoms with van der Waals surface area (Å²) in [5.41, 5.74) is 0.200. The fourth-order valence-corrected chi connectivity index (χ4v) is 4.76. The van der Waals surface area contributed by atoms with Crippen LogP contribution < -0.4 is 20.6 Å². The molecule has 10 nitrogen and oxygen atoms in total. The van der Waals surface area contributed by atoms with Crippen LogP contribution in [0.4, 0.5) is 9.93 Å². The Balaban J connectivity index is 0.000000222. The van der Waals surface area contributed by atoms with Crippen LogP contribution in [-0.4, -0.2) is 51.3 Å². The molecule has 3 aromatic rings. The standard InChI is InChI=1S/C15H13Cl2N3O2.C9H16N4OS/c1-2-7-22-13-9-12(10(16)8-11(13)17)20-15(21)19-6-4-3-5-14(19)18-20;1-9(2,3)6-11-12-8(15-6)13(5)7(14)10-4/h1,8-9H,3-7H2;1-5H3,(H,10,14). The monoisotopic (exact) mass is 565 g/mol. The maximum atomic E-state index is 12.5. The summed E-state index contributed by atoms with van der Waals surface area (Å²) in [5, 5.41) is 17.2. The molecule has 0 unspecified atom stereocenters. The number of aryl methyl sites for hydroxylation is 1. The van der Waals surface area contributed by atoms with Gasteiger partial charge in [0.2, 0.25) is 5.13 Å². The number of hydrogen-bond acceptors (Lipinski definition) is 7. The predicted molar refractivity (Wildman–Crippen MR) is 147 cm³/mol. The van der Waals surface area contributed by atoms with Gasteiger partial charge in [-0.05, 0) is 18.9 Å². The number of nitrogens with zero attached hydrogens (tertiary/aromatic N) is 6. The lowest BCUT2D eigenvalue weighted by atomic mass is 9.98. The van der Waals surface area contributed by atoms with E-state index in [0.717, 1.165) is 30.1 Å². The molecule has 3 heterocycles. The number of amides is 2. The van der Waals surface area contributed by atoms with Crippen molar-refractivity contribution >= 4 is 45.7 Å². The molecule has 4 rings (SSSR count). The Morgan fingerprint density at radius 1 is 1.27 bits per heavy atom. The van der Waals surface area contributed by atoms with Gasteiger partial charge in [-0.15, -0.1) is 21.7 Å². The quantitative estimate of drug-likeness (QED) is 0.472. The van der Waals surface area contributed by atoms with E-state index in [-0.39, 0.29) is 23.7 Å². The van der Waals surface area contributed by atoms with Crippen LogP contribution in [0.1, 0.15) is 44.4 Å². The lowest BCUT2D eigenvalue weighted by molar-refractivity contribution is 0.249. The number of benzene rings is 1. The summed E-state index contributed by atoms with van der Waals surface area (Å²) in [6.45, 7) is 6.96. The molecular formula is C24H29Cl2N7O3S. The minimum atomic E-state index is -0.207. The highest BCUT2D eigenvalue weighted by molar-refractivity contribution is 7.15. The first kappa shape index (κ1) is 28.5. The first-order chi connectivity index (χ1) is 17.5. The van der Waals surface area contributed by atoms with Crippen molar-refractivity contribution < 1.29 is 9.53 Å². The highest BCUT2D eigenvalue weighted by Gasteiger charge is 2.22. The third-order valence-corrected chi connectivity index (χ3v) is 7.40. The van der Waals surface area contributed by atoms with Crippen molar-refractivity contribution in [2.45, 2.75) is 52.0 Å². The summed E-state index contributed by atoms with van der Waals surface area (Å²) >= 11 is 13.7. The molecule has 1 aliphatic heterocycles. The first-order valence-corrected chi connectivity index (χ1v) is 13.1. The highest BCUT2D eigenvalue weighted by Crippen LogP contribution is 2.33. The Morgan fingerprint density at radius 3 is 2.59 bits per heavy atom. The van der Waals surface area contributed by atoms with E-state index in [4.69, 9.17) is 34.4 Å². The van der Waals surface area contributed by atoms with Crippen LogP contribution in [0.2, 0.25) is 10.0 Å². The number of aromatic nitrogens is 5. The second kappa shape index (κ2) is 12.0. The Bertz CT molecular complexity index is 1370. The van der Waals surface area contributed by atoms with Crippen LogP contribution in [0.3, 0.4) is 0 Å². The van der Waals surface area contributed by atoms with Crippen molar-refractivity contribution in [3.63, 3.8) is 0 Å². The van der Waals surface area contributed by atoms with E-state index in [1.54, 1.807) is 24.7 Å². The molecule has 13 heteroatoms. The van der Waals surface area contributed by atoms with E-state index in [2.05, 4.69) is 47.3 Å². The minimum absolute atomic E-state index is 0.0283. The van der Waals surface area contributed by atoms with Gasteiger partial charge in [0.05, 0.1) is 15.7 Å². The number of carbonyl (C=O) groups is 1. The van der Waals surface area contributed by atoms with E-state index >= 15 is 0 Å². The maximum Gasteiger partial charge on any atom is 0.350 e. The molecule has 1 aliphatic rings. The van der Waals surface area contributed by atoms with E-state index in [1.165, 1.54) is 27.0 Å². The van der Waals surface area contributed by atoms with Gasteiger partial charge in [-0.1, -0.05) is 61.2 Å². The van der Waals surface area contributed by atoms with Gasteiger partial charge in [-0.25, -0.2) is 9.59 Å².